The van der Waals surface area contributed by atoms with Gasteiger partial charge in [0.15, 0.2) is 0 Å². The van der Waals surface area contributed by atoms with Gasteiger partial charge in [0.25, 0.3) is 0 Å². The first-order chi connectivity index (χ1) is 21.5. The van der Waals surface area contributed by atoms with Crippen molar-refractivity contribution >= 4 is 41.4 Å². The number of aromatic nitrogens is 2. The fourth-order valence-electron chi connectivity index (χ4n) is 4.21. The number of nitrogens with zero attached hydrogens (tertiary/aromatic N) is 1. The van der Waals surface area contributed by atoms with Gasteiger partial charge in [-0.05, 0) is 31.1 Å². The Morgan fingerprint density at radius 1 is 0.826 bits per heavy atom. The summed E-state index contributed by atoms with van der Waals surface area (Å²) in [6.45, 7) is 5.77. The van der Waals surface area contributed by atoms with Crippen molar-refractivity contribution in [3.63, 3.8) is 0 Å². The van der Waals surface area contributed by atoms with Gasteiger partial charge >= 0.3 is 5.97 Å². The van der Waals surface area contributed by atoms with E-state index in [0.29, 0.717) is 5.69 Å². The van der Waals surface area contributed by atoms with E-state index >= 15 is 0 Å². The molecule has 18 nitrogen and oxygen atoms in total. The van der Waals surface area contributed by atoms with Crippen molar-refractivity contribution in [3.05, 3.63) is 18.2 Å². The number of primary amides is 1. The third kappa shape index (κ3) is 14.9. The second kappa shape index (κ2) is 19.7. The van der Waals surface area contributed by atoms with Gasteiger partial charge < -0.3 is 53.2 Å². The Labute approximate surface area is 266 Å². The maximum absolute atomic E-state index is 13.4. The van der Waals surface area contributed by atoms with E-state index < -0.39 is 84.8 Å². The molecule has 46 heavy (non-hydrogen) atoms. The van der Waals surface area contributed by atoms with E-state index in [1.165, 1.54) is 12.5 Å². The topological polar surface area (TPSA) is 301 Å². The molecular weight excluding hydrogens is 606 g/mol. The van der Waals surface area contributed by atoms with Crippen LogP contribution in [0.15, 0.2) is 12.5 Å². The number of amides is 6. The zero-order valence-corrected chi connectivity index (χ0v) is 26.5. The highest BCUT2D eigenvalue weighted by Gasteiger charge is 2.30. The predicted octanol–water partition coefficient (Wildman–Crippen LogP) is -3.23. The van der Waals surface area contributed by atoms with Crippen LogP contribution in [-0.2, 0) is 40.0 Å². The lowest BCUT2D eigenvalue weighted by Crippen LogP contribution is -2.57. The first kappa shape index (κ1) is 39.4. The summed E-state index contributed by atoms with van der Waals surface area (Å²) in [5.74, 6) is -5.97. The Kier molecular flexibility index (Phi) is 16.9. The number of carboxylic acid groups (broad SMARTS) is 1. The van der Waals surface area contributed by atoms with Crippen LogP contribution in [0.5, 0.6) is 0 Å². The summed E-state index contributed by atoms with van der Waals surface area (Å²) in [6.07, 6.45) is 2.94. The number of carbonyl (C=O) groups excluding carboxylic acids is 6. The molecule has 12 N–H and O–H groups in total. The van der Waals surface area contributed by atoms with Gasteiger partial charge in [0, 0.05) is 24.7 Å². The number of carboxylic acids is 1. The lowest BCUT2D eigenvalue weighted by atomic mass is 10.0. The first-order valence-corrected chi connectivity index (χ1v) is 14.9. The van der Waals surface area contributed by atoms with Crippen LogP contribution in [0.3, 0.4) is 0 Å². The van der Waals surface area contributed by atoms with Gasteiger partial charge in [-0.1, -0.05) is 27.7 Å². The van der Waals surface area contributed by atoms with Gasteiger partial charge in [0.2, 0.25) is 35.4 Å². The second-order valence-electron chi connectivity index (χ2n) is 11.7. The third-order valence-electron chi connectivity index (χ3n) is 6.57. The zero-order chi connectivity index (χ0) is 35.0. The molecule has 258 valence electrons. The summed E-state index contributed by atoms with van der Waals surface area (Å²) in [5, 5.41) is 30.5. The third-order valence-corrected chi connectivity index (χ3v) is 6.57. The van der Waals surface area contributed by atoms with E-state index in [1.807, 2.05) is 13.8 Å². The lowest BCUT2D eigenvalue weighted by Gasteiger charge is -2.25. The maximum atomic E-state index is 13.4. The van der Waals surface area contributed by atoms with Crippen molar-refractivity contribution < 1.29 is 43.8 Å². The smallest absolute Gasteiger partial charge is 0.328 e. The Bertz CT molecular complexity index is 1190. The van der Waals surface area contributed by atoms with Crippen molar-refractivity contribution in [2.75, 3.05) is 13.2 Å². The number of hydrogen-bond donors (Lipinski definition) is 10. The molecule has 0 aliphatic carbocycles. The maximum Gasteiger partial charge on any atom is 0.328 e. The molecule has 18 heteroatoms. The molecule has 0 saturated heterocycles. The van der Waals surface area contributed by atoms with E-state index in [-0.39, 0.29) is 43.9 Å². The van der Waals surface area contributed by atoms with Crippen LogP contribution < -0.4 is 38.1 Å². The largest absolute Gasteiger partial charge is 0.480 e. The fraction of sp³-hybridized carbons (Fsp3) is 0.643. The molecule has 5 atom stereocenters. The average Bonchev–Trinajstić information content (AvgIpc) is 3.48. The summed E-state index contributed by atoms with van der Waals surface area (Å²) < 4.78 is 0. The molecule has 0 aromatic carbocycles. The van der Waals surface area contributed by atoms with Crippen LogP contribution in [0, 0.1) is 11.8 Å². The Hall–Kier alpha value is -4.58. The van der Waals surface area contributed by atoms with Crippen LogP contribution in [0.2, 0.25) is 0 Å². The van der Waals surface area contributed by atoms with Gasteiger partial charge in [-0.15, -0.1) is 0 Å². The molecule has 0 unspecified atom stereocenters. The van der Waals surface area contributed by atoms with E-state index in [9.17, 15) is 38.7 Å². The summed E-state index contributed by atoms with van der Waals surface area (Å²) in [4.78, 5) is 93.6. The van der Waals surface area contributed by atoms with E-state index in [0.717, 1.165) is 0 Å². The summed E-state index contributed by atoms with van der Waals surface area (Å²) in [6, 6.07) is -6.15. The van der Waals surface area contributed by atoms with E-state index in [2.05, 4.69) is 36.6 Å². The molecule has 1 aromatic heterocycles. The predicted molar refractivity (Wildman–Crippen MR) is 163 cm³/mol. The monoisotopic (exact) mass is 653 g/mol. The number of nitrogens with two attached hydrogens (primary N) is 2. The molecule has 1 heterocycles. The number of aliphatic hydroxyl groups is 1. The lowest BCUT2D eigenvalue weighted by molar-refractivity contribution is -0.143. The van der Waals surface area contributed by atoms with E-state index in [1.54, 1.807) is 13.8 Å². The summed E-state index contributed by atoms with van der Waals surface area (Å²) in [5.41, 5.74) is 11.5. The van der Waals surface area contributed by atoms with Crippen molar-refractivity contribution in [2.45, 2.75) is 90.0 Å². The highest BCUT2D eigenvalue weighted by molar-refractivity contribution is 5.95. The highest BCUT2D eigenvalue weighted by Crippen LogP contribution is 2.08. The quantitative estimate of drug-likeness (QED) is 0.0629. The molecule has 0 saturated carbocycles. The molecule has 1 rings (SSSR count). The molecular formula is C28H47N9O9. The number of aliphatic carboxylic acids is 1. The van der Waals surface area contributed by atoms with Crippen LogP contribution >= 0.6 is 0 Å². The Morgan fingerprint density at radius 2 is 1.37 bits per heavy atom. The van der Waals surface area contributed by atoms with Crippen LogP contribution in [0.25, 0.3) is 0 Å². The van der Waals surface area contributed by atoms with Crippen LogP contribution in [-0.4, -0.2) is 105 Å². The number of carbonyl (C=O) groups is 7. The summed E-state index contributed by atoms with van der Waals surface area (Å²) in [7, 11) is 0. The van der Waals surface area contributed by atoms with Gasteiger partial charge in [-0.2, -0.15) is 0 Å². The molecule has 0 aliphatic rings. The minimum absolute atomic E-state index is 0.0309. The SMILES string of the molecule is CC(C)C[C@H](NC(=O)CNC(=O)[C@H](CC(C)C)NC(=O)[C@H](Cc1cnc[nH]1)NC(=O)[C@@H](N)CCC(N)=O)C(=O)N[C@@H](CO)C(=O)O. The first-order valence-electron chi connectivity index (χ1n) is 14.9. The molecule has 0 radical (unpaired) electrons. The van der Waals surface area contributed by atoms with Gasteiger partial charge in [0.1, 0.15) is 24.2 Å². The minimum Gasteiger partial charge on any atom is -0.480 e. The van der Waals surface area contributed by atoms with Crippen LogP contribution in [0.1, 0.15) is 59.1 Å². The normalized spacial score (nSPS) is 14.3. The Balaban J connectivity index is 2.98. The van der Waals surface area contributed by atoms with Gasteiger partial charge in [-0.3, -0.25) is 28.8 Å². The number of aliphatic hydroxyl groups excluding tert-OH is 1. The number of H-pyrrole nitrogens is 1. The molecule has 1 aromatic rings. The average molecular weight is 654 g/mol. The molecule has 0 bridgehead atoms. The number of imidazole rings is 1. The highest BCUT2D eigenvalue weighted by atomic mass is 16.4. The number of rotatable bonds is 21. The molecule has 0 spiro atoms. The zero-order valence-electron chi connectivity index (χ0n) is 26.5. The number of aromatic amines is 1. The van der Waals surface area contributed by atoms with Crippen molar-refractivity contribution in [1.82, 2.24) is 36.6 Å². The van der Waals surface area contributed by atoms with E-state index in [4.69, 9.17) is 16.6 Å². The fourth-order valence-corrected chi connectivity index (χ4v) is 4.21. The molecule has 0 aliphatic heterocycles. The minimum atomic E-state index is -1.56. The molecule has 0 fully saturated rings. The van der Waals surface area contributed by atoms with Crippen molar-refractivity contribution in [1.29, 1.82) is 0 Å². The Morgan fingerprint density at radius 3 is 1.87 bits per heavy atom. The summed E-state index contributed by atoms with van der Waals surface area (Å²) >= 11 is 0. The molecule has 6 amide bonds. The number of nitrogens with one attached hydrogen (secondary N) is 6. The standard InChI is InChI=1S/C28H47N9O9/c1-14(2)7-18(25(42)32-11-23(40)34-19(8-15(3)4)26(43)37-21(12-38)28(45)46)36-27(44)20(9-16-10-31-13-33-16)35-24(41)17(29)5-6-22(30)39/h10,13-15,17-21,38H,5-9,11-12,29H2,1-4H3,(H2,30,39)(H,31,33)(H,32,42)(H,34,40)(H,35,41)(H,36,44)(H,37,43)(H,45,46)/t17-,18-,19-,20-,21-/m0/s1. The number of hydrogen-bond acceptors (Lipinski definition) is 10. The van der Waals surface area contributed by atoms with Gasteiger partial charge in [0.05, 0.1) is 25.5 Å². The van der Waals surface area contributed by atoms with Crippen molar-refractivity contribution in [3.8, 4) is 0 Å². The van der Waals surface area contributed by atoms with Crippen LogP contribution in [0.4, 0.5) is 0 Å². The second-order valence-corrected chi connectivity index (χ2v) is 11.7. The van der Waals surface area contributed by atoms with Crippen molar-refractivity contribution in [2.24, 2.45) is 23.3 Å². The van der Waals surface area contributed by atoms with Gasteiger partial charge in [-0.25, -0.2) is 9.78 Å².